The summed E-state index contributed by atoms with van der Waals surface area (Å²) in [5.74, 6) is 0. The molecular weight excluding hydrogens is 249 g/mol. The molecule has 0 spiro atoms. The predicted molar refractivity (Wildman–Crippen MR) is 61.4 cm³/mol. The molecule has 0 bridgehead atoms. The minimum Gasteiger partial charge on any atom is -0.386 e. The van der Waals surface area contributed by atoms with Crippen LogP contribution in [-0.4, -0.2) is 20.1 Å². The summed E-state index contributed by atoms with van der Waals surface area (Å²) in [5.41, 5.74) is 0.626. The van der Waals surface area contributed by atoms with E-state index in [-0.39, 0.29) is 0 Å². The van der Waals surface area contributed by atoms with Gasteiger partial charge in [-0.1, -0.05) is 34.5 Å². The molecule has 2 aromatic rings. The molecule has 16 heavy (non-hydrogen) atoms. The number of hydrogen-bond acceptors (Lipinski definition) is 3. The third-order valence-electron chi connectivity index (χ3n) is 2.15. The summed E-state index contributed by atoms with van der Waals surface area (Å²) in [7, 11) is 0. The molecule has 6 heteroatoms. The van der Waals surface area contributed by atoms with Crippen LogP contribution in [0.25, 0.3) is 0 Å². The van der Waals surface area contributed by atoms with Gasteiger partial charge in [0.1, 0.15) is 6.10 Å². The molecule has 1 N–H and O–H groups in total. The Bertz CT molecular complexity index is 473. The third kappa shape index (κ3) is 2.52. The maximum absolute atomic E-state index is 9.95. The molecular formula is C10H9Cl2N3O. The van der Waals surface area contributed by atoms with Gasteiger partial charge in [0.15, 0.2) is 0 Å². The summed E-state index contributed by atoms with van der Waals surface area (Å²) in [6, 6.07) is 4.99. The van der Waals surface area contributed by atoms with Gasteiger partial charge >= 0.3 is 0 Å². The van der Waals surface area contributed by atoms with Gasteiger partial charge < -0.3 is 5.11 Å². The summed E-state index contributed by atoms with van der Waals surface area (Å²) in [6.45, 7) is 0.307. The smallest absolute Gasteiger partial charge is 0.100 e. The molecule has 2 rings (SSSR count). The molecule has 1 aromatic heterocycles. The molecule has 84 valence electrons. The summed E-state index contributed by atoms with van der Waals surface area (Å²) in [4.78, 5) is 0. The van der Waals surface area contributed by atoms with E-state index >= 15 is 0 Å². The molecule has 0 saturated heterocycles. The zero-order valence-corrected chi connectivity index (χ0v) is 9.73. The highest BCUT2D eigenvalue weighted by Crippen LogP contribution is 2.26. The Morgan fingerprint density at radius 3 is 2.81 bits per heavy atom. The van der Waals surface area contributed by atoms with Gasteiger partial charge in [0.05, 0.1) is 12.7 Å². The lowest BCUT2D eigenvalue weighted by molar-refractivity contribution is 0.151. The molecule has 0 saturated carbocycles. The van der Waals surface area contributed by atoms with Crippen LogP contribution in [0.5, 0.6) is 0 Å². The summed E-state index contributed by atoms with van der Waals surface area (Å²) >= 11 is 11.7. The second-order valence-electron chi connectivity index (χ2n) is 3.31. The van der Waals surface area contributed by atoms with Crippen LogP contribution in [0.4, 0.5) is 0 Å². The van der Waals surface area contributed by atoms with Crippen LogP contribution in [0.3, 0.4) is 0 Å². The first-order chi connectivity index (χ1) is 7.66. The molecule has 0 unspecified atom stereocenters. The predicted octanol–water partition coefficient (Wildman–Crippen LogP) is 2.32. The number of aromatic nitrogens is 3. The second kappa shape index (κ2) is 4.82. The average Bonchev–Trinajstić information content (AvgIpc) is 2.70. The quantitative estimate of drug-likeness (QED) is 0.919. The molecule has 0 fully saturated rings. The minimum absolute atomic E-state index is 0.307. The van der Waals surface area contributed by atoms with Crippen molar-refractivity contribution in [3.8, 4) is 0 Å². The van der Waals surface area contributed by atoms with Crippen molar-refractivity contribution in [3.63, 3.8) is 0 Å². The number of aliphatic hydroxyl groups excluding tert-OH is 1. The molecule has 1 heterocycles. The van der Waals surface area contributed by atoms with E-state index in [4.69, 9.17) is 23.2 Å². The Morgan fingerprint density at radius 2 is 2.19 bits per heavy atom. The van der Waals surface area contributed by atoms with Gasteiger partial charge in [-0.3, -0.25) is 0 Å². The molecule has 0 aliphatic heterocycles. The van der Waals surface area contributed by atoms with Crippen LogP contribution in [-0.2, 0) is 6.54 Å². The topological polar surface area (TPSA) is 50.9 Å². The average molecular weight is 258 g/mol. The highest BCUT2D eigenvalue weighted by molar-refractivity contribution is 6.35. The Kier molecular flexibility index (Phi) is 3.43. The van der Waals surface area contributed by atoms with Crippen LogP contribution in [0.2, 0.25) is 10.0 Å². The molecule has 1 aromatic carbocycles. The number of aliphatic hydroxyl groups is 1. The highest BCUT2D eigenvalue weighted by atomic mass is 35.5. The van der Waals surface area contributed by atoms with E-state index in [1.165, 1.54) is 4.68 Å². The zero-order chi connectivity index (χ0) is 11.5. The van der Waals surface area contributed by atoms with Gasteiger partial charge in [-0.2, -0.15) is 0 Å². The lowest BCUT2D eigenvalue weighted by Gasteiger charge is -2.12. The molecule has 0 aliphatic carbocycles. The van der Waals surface area contributed by atoms with E-state index in [0.29, 0.717) is 22.2 Å². The number of halogens is 2. The van der Waals surface area contributed by atoms with Crippen LogP contribution in [0.1, 0.15) is 11.7 Å². The molecule has 0 radical (unpaired) electrons. The van der Waals surface area contributed by atoms with Gasteiger partial charge in [-0.15, -0.1) is 5.10 Å². The largest absolute Gasteiger partial charge is 0.386 e. The zero-order valence-electron chi connectivity index (χ0n) is 8.22. The van der Waals surface area contributed by atoms with E-state index in [9.17, 15) is 5.11 Å². The normalized spacial score (nSPS) is 12.7. The molecule has 1 atom stereocenters. The Morgan fingerprint density at radius 1 is 1.38 bits per heavy atom. The van der Waals surface area contributed by atoms with Gasteiger partial charge in [-0.05, 0) is 12.1 Å². The van der Waals surface area contributed by atoms with Gasteiger partial charge in [0.25, 0.3) is 0 Å². The summed E-state index contributed by atoms with van der Waals surface area (Å²) in [5, 5.41) is 18.4. The fourth-order valence-electron chi connectivity index (χ4n) is 1.38. The lowest BCUT2D eigenvalue weighted by atomic mass is 10.1. The molecule has 4 nitrogen and oxygen atoms in total. The Labute approximate surface area is 102 Å². The van der Waals surface area contributed by atoms with Crippen molar-refractivity contribution in [2.24, 2.45) is 0 Å². The van der Waals surface area contributed by atoms with Crippen molar-refractivity contribution in [3.05, 3.63) is 46.2 Å². The SMILES string of the molecule is O[C@@H](Cn1ccnn1)c1ccc(Cl)cc1Cl. The maximum atomic E-state index is 9.95. The number of rotatable bonds is 3. The van der Waals surface area contributed by atoms with Crippen LogP contribution >= 0.6 is 23.2 Å². The van der Waals surface area contributed by atoms with E-state index in [0.717, 1.165) is 0 Å². The van der Waals surface area contributed by atoms with E-state index in [1.54, 1.807) is 30.6 Å². The standard InChI is InChI=1S/C10H9Cl2N3O/c11-7-1-2-8(9(12)5-7)10(16)6-15-4-3-13-14-15/h1-5,10,16H,6H2/t10-/m0/s1. The van der Waals surface area contributed by atoms with Crippen molar-refractivity contribution >= 4 is 23.2 Å². The Balaban J connectivity index is 2.17. The summed E-state index contributed by atoms with van der Waals surface area (Å²) in [6.07, 6.45) is 2.50. The number of benzene rings is 1. The number of nitrogens with zero attached hydrogens (tertiary/aromatic N) is 3. The van der Waals surface area contributed by atoms with Gasteiger partial charge in [0, 0.05) is 21.8 Å². The van der Waals surface area contributed by atoms with E-state index in [2.05, 4.69) is 10.3 Å². The van der Waals surface area contributed by atoms with Crippen LogP contribution < -0.4 is 0 Å². The molecule has 0 aliphatic rings. The number of hydrogen-bond donors (Lipinski definition) is 1. The van der Waals surface area contributed by atoms with Crippen molar-refractivity contribution in [2.45, 2.75) is 12.6 Å². The van der Waals surface area contributed by atoms with Crippen LogP contribution in [0, 0.1) is 0 Å². The van der Waals surface area contributed by atoms with Crippen molar-refractivity contribution < 1.29 is 5.11 Å². The highest BCUT2D eigenvalue weighted by Gasteiger charge is 2.12. The Hall–Kier alpha value is -1.10. The van der Waals surface area contributed by atoms with E-state index < -0.39 is 6.10 Å². The minimum atomic E-state index is -0.730. The first-order valence-corrected chi connectivity index (χ1v) is 5.39. The third-order valence-corrected chi connectivity index (χ3v) is 2.72. The van der Waals surface area contributed by atoms with Crippen LogP contribution in [0.15, 0.2) is 30.6 Å². The van der Waals surface area contributed by atoms with Crippen molar-refractivity contribution in [1.29, 1.82) is 0 Å². The second-order valence-corrected chi connectivity index (χ2v) is 4.15. The van der Waals surface area contributed by atoms with Gasteiger partial charge in [-0.25, -0.2) is 4.68 Å². The van der Waals surface area contributed by atoms with Crippen molar-refractivity contribution in [1.82, 2.24) is 15.0 Å². The fourth-order valence-corrected chi connectivity index (χ4v) is 1.91. The first kappa shape index (κ1) is 11.4. The molecule has 0 amide bonds. The van der Waals surface area contributed by atoms with Crippen molar-refractivity contribution in [2.75, 3.05) is 0 Å². The van der Waals surface area contributed by atoms with E-state index in [1.807, 2.05) is 0 Å². The summed E-state index contributed by atoms with van der Waals surface area (Å²) < 4.78 is 1.54. The monoisotopic (exact) mass is 257 g/mol. The lowest BCUT2D eigenvalue weighted by Crippen LogP contribution is -2.09. The maximum Gasteiger partial charge on any atom is 0.100 e. The fraction of sp³-hybridized carbons (Fsp3) is 0.200. The van der Waals surface area contributed by atoms with Gasteiger partial charge in [0.2, 0.25) is 0 Å². The first-order valence-electron chi connectivity index (χ1n) is 4.64.